The lowest BCUT2D eigenvalue weighted by Gasteiger charge is -2.29. The largest absolute Gasteiger partial charge is 0.478 e. The van der Waals surface area contributed by atoms with Crippen molar-refractivity contribution in [1.29, 1.82) is 0 Å². The smallest absolute Gasteiger partial charge is 0.335 e. The van der Waals surface area contributed by atoms with E-state index >= 15 is 0 Å². The van der Waals surface area contributed by atoms with E-state index in [1.807, 2.05) is 24.3 Å². The lowest BCUT2D eigenvalue weighted by atomic mass is 10.1. The summed E-state index contributed by atoms with van der Waals surface area (Å²) in [4.78, 5) is 30.2. The lowest BCUT2D eigenvalue weighted by molar-refractivity contribution is -0.118. The van der Waals surface area contributed by atoms with Crippen molar-refractivity contribution in [2.24, 2.45) is 0 Å². The zero-order valence-electron chi connectivity index (χ0n) is 18.4. The van der Waals surface area contributed by atoms with Gasteiger partial charge in [0.05, 0.1) is 11.3 Å². The quantitative estimate of drug-likeness (QED) is 0.386. The van der Waals surface area contributed by atoms with Crippen LogP contribution in [0.3, 0.4) is 0 Å². The molecule has 1 amide bonds. The van der Waals surface area contributed by atoms with Gasteiger partial charge in [0.15, 0.2) is 5.69 Å². The van der Waals surface area contributed by atoms with Crippen molar-refractivity contribution in [3.63, 3.8) is 0 Å². The van der Waals surface area contributed by atoms with Gasteiger partial charge >= 0.3 is 5.97 Å². The number of carboxylic acid groups (broad SMARTS) is 1. The number of rotatable bonds is 7. The Balaban J connectivity index is 1.78. The second kappa shape index (κ2) is 9.99. The monoisotopic (exact) mass is 464 g/mol. The highest BCUT2D eigenvalue weighted by molar-refractivity contribution is 7.99. The topological polar surface area (TPSA) is 106 Å². The number of carbonyl (C=O) groups excluding carboxylic acids is 1. The number of anilines is 1. The second-order valence-corrected chi connectivity index (χ2v) is 8.67. The molecule has 0 bridgehead atoms. The highest BCUT2D eigenvalue weighted by Crippen LogP contribution is 2.43. The van der Waals surface area contributed by atoms with Gasteiger partial charge in [-0.3, -0.25) is 9.69 Å². The van der Waals surface area contributed by atoms with Gasteiger partial charge in [0.2, 0.25) is 23.2 Å². The predicted octanol–water partition coefficient (Wildman–Crippen LogP) is 4.96. The van der Waals surface area contributed by atoms with E-state index in [2.05, 4.69) is 22.1 Å². The van der Waals surface area contributed by atoms with Crippen LogP contribution in [0.4, 0.5) is 5.69 Å². The molecule has 33 heavy (non-hydrogen) atoms. The first kappa shape index (κ1) is 22.7. The highest BCUT2D eigenvalue weighted by Gasteiger charge is 2.34. The van der Waals surface area contributed by atoms with Crippen LogP contribution in [0, 0.1) is 0 Å². The Labute approximate surface area is 196 Å². The van der Waals surface area contributed by atoms with Gasteiger partial charge in [-0.25, -0.2) is 4.79 Å². The Morgan fingerprint density at radius 3 is 2.55 bits per heavy atom. The third-order valence-electron chi connectivity index (χ3n) is 5.27. The first-order valence-electron chi connectivity index (χ1n) is 10.8. The lowest BCUT2D eigenvalue weighted by Crippen LogP contribution is -2.36. The molecule has 0 fully saturated rings. The standard InChI is InChI=1S/C24H24N4O4S/c1-3-4-7-14-33-24-25-21-20(26-27-24)18-8-5-6-9-19(18)28(15(2)29)22(32-21)16-10-12-17(13-11-16)23(30)31/h5-6,8-13,22H,3-4,7,14H2,1-2H3,(H,30,31)/t22-/m0/s1. The van der Waals surface area contributed by atoms with Gasteiger partial charge in [-0.05, 0) is 24.6 Å². The first-order chi connectivity index (χ1) is 16.0. The number of para-hydroxylation sites is 1. The van der Waals surface area contributed by atoms with Crippen molar-refractivity contribution in [2.45, 2.75) is 44.5 Å². The molecule has 2 aromatic carbocycles. The summed E-state index contributed by atoms with van der Waals surface area (Å²) >= 11 is 1.52. The summed E-state index contributed by atoms with van der Waals surface area (Å²) in [6.07, 6.45) is 2.48. The number of unbranched alkanes of at least 4 members (excludes halogenated alkanes) is 2. The summed E-state index contributed by atoms with van der Waals surface area (Å²) in [5.74, 6) is -0.0924. The van der Waals surface area contributed by atoms with Crippen LogP contribution < -0.4 is 9.64 Å². The highest BCUT2D eigenvalue weighted by atomic mass is 32.2. The fourth-order valence-electron chi connectivity index (χ4n) is 3.64. The van der Waals surface area contributed by atoms with Crippen LogP contribution in [0.2, 0.25) is 0 Å². The van der Waals surface area contributed by atoms with Crippen LogP contribution in [0.15, 0.2) is 53.7 Å². The Morgan fingerprint density at radius 2 is 1.85 bits per heavy atom. The number of hydrogen-bond acceptors (Lipinski definition) is 7. The molecule has 9 heteroatoms. The van der Waals surface area contributed by atoms with E-state index in [1.165, 1.54) is 35.7 Å². The van der Waals surface area contributed by atoms with Gasteiger partial charge in [-0.2, -0.15) is 4.98 Å². The minimum absolute atomic E-state index is 0.150. The molecule has 1 aliphatic heterocycles. The maximum Gasteiger partial charge on any atom is 0.335 e. The molecule has 170 valence electrons. The predicted molar refractivity (Wildman–Crippen MR) is 125 cm³/mol. The number of nitrogens with zero attached hydrogens (tertiary/aromatic N) is 4. The fourth-order valence-corrected chi connectivity index (χ4v) is 4.41. The average Bonchev–Trinajstić information content (AvgIpc) is 2.96. The zero-order chi connectivity index (χ0) is 23.4. The SMILES string of the molecule is CCCCCSc1nnc2c(n1)O[C@@H](c1ccc(C(=O)O)cc1)N(C(C)=O)c1ccccc1-2. The number of hydrogen-bond donors (Lipinski definition) is 1. The molecule has 1 aromatic heterocycles. The van der Waals surface area contributed by atoms with Gasteiger partial charge < -0.3 is 9.84 Å². The van der Waals surface area contributed by atoms with E-state index in [9.17, 15) is 14.7 Å². The van der Waals surface area contributed by atoms with Gasteiger partial charge in [0, 0.05) is 23.8 Å². The number of benzene rings is 2. The zero-order valence-corrected chi connectivity index (χ0v) is 19.2. The summed E-state index contributed by atoms with van der Waals surface area (Å²) in [5, 5.41) is 18.4. The van der Waals surface area contributed by atoms with Crippen molar-refractivity contribution >= 4 is 29.3 Å². The van der Waals surface area contributed by atoms with E-state index < -0.39 is 12.2 Å². The molecule has 0 aliphatic carbocycles. The number of aromatic carboxylic acids is 1. The molecule has 0 saturated heterocycles. The third-order valence-corrected chi connectivity index (χ3v) is 6.20. The molecule has 1 aliphatic rings. The molecule has 4 rings (SSSR count). The Kier molecular flexibility index (Phi) is 6.88. The van der Waals surface area contributed by atoms with Gasteiger partial charge in [-0.1, -0.05) is 61.9 Å². The molecule has 1 atom stereocenters. The molecular weight excluding hydrogens is 440 g/mol. The number of carbonyl (C=O) groups is 2. The van der Waals surface area contributed by atoms with Crippen LogP contribution in [-0.2, 0) is 4.79 Å². The molecule has 3 aromatic rings. The normalized spacial score (nSPS) is 14.6. The van der Waals surface area contributed by atoms with Gasteiger partial charge in [0.1, 0.15) is 0 Å². The molecule has 0 spiro atoms. The van der Waals surface area contributed by atoms with Crippen LogP contribution in [0.5, 0.6) is 5.88 Å². The Bertz CT molecular complexity index is 1170. The number of aromatic nitrogens is 3. The van der Waals surface area contributed by atoms with Crippen molar-refractivity contribution in [3.05, 3.63) is 59.7 Å². The second-order valence-electron chi connectivity index (χ2n) is 7.61. The maximum atomic E-state index is 12.8. The fraction of sp³-hybridized carbons (Fsp3) is 0.292. The average molecular weight is 465 g/mol. The Morgan fingerprint density at radius 1 is 1.09 bits per heavy atom. The van der Waals surface area contributed by atoms with Crippen LogP contribution in [-0.4, -0.2) is 37.9 Å². The number of amides is 1. The molecule has 0 unspecified atom stereocenters. The molecule has 0 radical (unpaired) electrons. The Hall–Kier alpha value is -3.46. The van der Waals surface area contributed by atoms with Gasteiger partial charge in [-0.15, -0.1) is 10.2 Å². The summed E-state index contributed by atoms with van der Waals surface area (Å²) in [6.45, 7) is 3.61. The molecular formula is C24H24N4O4S. The minimum atomic E-state index is -1.02. The number of thioether (sulfide) groups is 1. The maximum absolute atomic E-state index is 12.8. The van der Waals surface area contributed by atoms with E-state index in [0.29, 0.717) is 27.7 Å². The molecule has 1 N–H and O–H groups in total. The third kappa shape index (κ3) is 4.83. The summed E-state index contributed by atoms with van der Waals surface area (Å²) in [6, 6.07) is 13.6. The number of carboxylic acids is 1. The van der Waals surface area contributed by atoms with E-state index in [1.54, 1.807) is 12.1 Å². The van der Waals surface area contributed by atoms with Crippen molar-refractivity contribution in [3.8, 4) is 17.1 Å². The first-order valence-corrected chi connectivity index (χ1v) is 11.7. The number of fused-ring (bicyclic) bond motifs is 3. The van der Waals surface area contributed by atoms with Gasteiger partial charge in [0.25, 0.3) is 0 Å². The number of ether oxygens (including phenoxy) is 1. The van der Waals surface area contributed by atoms with Crippen molar-refractivity contribution in [2.75, 3.05) is 10.7 Å². The van der Waals surface area contributed by atoms with E-state index in [-0.39, 0.29) is 17.4 Å². The van der Waals surface area contributed by atoms with Crippen molar-refractivity contribution in [1.82, 2.24) is 15.2 Å². The van der Waals surface area contributed by atoms with E-state index in [4.69, 9.17) is 4.74 Å². The van der Waals surface area contributed by atoms with Crippen LogP contribution in [0.1, 0.15) is 55.3 Å². The van der Waals surface area contributed by atoms with Crippen LogP contribution in [0.25, 0.3) is 11.3 Å². The molecule has 8 nitrogen and oxygen atoms in total. The molecule has 0 saturated carbocycles. The summed E-state index contributed by atoms with van der Waals surface area (Å²) in [7, 11) is 0. The van der Waals surface area contributed by atoms with Crippen molar-refractivity contribution < 1.29 is 19.4 Å². The minimum Gasteiger partial charge on any atom is -0.478 e. The van der Waals surface area contributed by atoms with Crippen LogP contribution >= 0.6 is 11.8 Å². The van der Waals surface area contributed by atoms with E-state index in [0.717, 1.165) is 25.0 Å². The molecule has 2 heterocycles. The summed E-state index contributed by atoms with van der Waals surface area (Å²) in [5.41, 5.74) is 2.54. The summed E-state index contributed by atoms with van der Waals surface area (Å²) < 4.78 is 6.30.